The zero-order chi connectivity index (χ0) is 26.2. The number of pyridine rings is 1. The Morgan fingerprint density at radius 3 is 2.49 bits per heavy atom. The maximum Gasteiger partial charge on any atom is 0.123 e. The van der Waals surface area contributed by atoms with Crippen LogP contribution in [0.25, 0.3) is 22.2 Å². The fourth-order valence-corrected chi connectivity index (χ4v) is 4.71. The van der Waals surface area contributed by atoms with Crippen molar-refractivity contribution in [1.82, 2.24) is 20.1 Å². The molecule has 0 aliphatic carbocycles. The zero-order valence-corrected chi connectivity index (χ0v) is 21.3. The predicted octanol–water partition coefficient (Wildman–Crippen LogP) is 5.57. The third-order valence-corrected chi connectivity index (χ3v) is 6.75. The van der Waals surface area contributed by atoms with Crippen LogP contribution in [0, 0.1) is 5.82 Å². The van der Waals surface area contributed by atoms with Crippen molar-refractivity contribution < 1.29 is 4.39 Å². The smallest absolute Gasteiger partial charge is 0.123 e. The van der Waals surface area contributed by atoms with E-state index in [2.05, 4.69) is 38.6 Å². The van der Waals surface area contributed by atoms with E-state index in [1.54, 1.807) is 12.1 Å². The Kier molecular flexibility index (Phi) is 8.69. The summed E-state index contributed by atoms with van der Waals surface area (Å²) in [5, 5.41) is 15.7. The zero-order valence-electron chi connectivity index (χ0n) is 21.3. The van der Waals surface area contributed by atoms with Gasteiger partial charge in [-0.3, -0.25) is 4.98 Å². The predicted molar refractivity (Wildman–Crippen MR) is 151 cm³/mol. The lowest BCUT2D eigenvalue weighted by molar-refractivity contribution is 0.162. The van der Waals surface area contributed by atoms with E-state index < -0.39 is 0 Å². The standard InChI is InChI=1S/C30H34FN6/c1-22(26-9-10-28(13-16-32)34-20-26)36-17-14-30(15-18-36)37(21-33-3)23(2)35-29-11-7-24(8-12-29)25-5-4-6-27(31)19-25/h4-12,16,19-20,30,33,35H,1-2,13-15,17-18,21H2,3H3/q-1. The number of hydrogen-bond acceptors (Lipinski definition) is 5. The highest BCUT2D eigenvalue weighted by Crippen LogP contribution is 2.27. The lowest BCUT2D eigenvalue weighted by atomic mass is 10.0. The van der Waals surface area contributed by atoms with E-state index in [0.29, 0.717) is 19.1 Å². The molecule has 7 heteroatoms. The number of anilines is 1. The van der Waals surface area contributed by atoms with Gasteiger partial charge in [-0.2, -0.15) is 0 Å². The minimum Gasteiger partial charge on any atom is -0.814 e. The number of halogens is 1. The molecule has 0 spiro atoms. The first-order valence-corrected chi connectivity index (χ1v) is 12.6. The molecular weight excluding hydrogens is 463 g/mol. The maximum absolute atomic E-state index is 13.6. The number of hydrogen-bond donors (Lipinski definition) is 2. The molecule has 1 fully saturated rings. The van der Waals surface area contributed by atoms with Gasteiger partial charge in [0.25, 0.3) is 0 Å². The van der Waals surface area contributed by atoms with Gasteiger partial charge in [0.2, 0.25) is 0 Å². The number of likely N-dealkylation sites (tertiary alicyclic amines) is 1. The van der Waals surface area contributed by atoms with Crippen LogP contribution < -0.4 is 10.6 Å². The summed E-state index contributed by atoms with van der Waals surface area (Å²) in [6.45, 7) is 11.1. The Morgan fingerprint density at radius 1 is 1.11 bits per heavy atom. The van der Waals surface area contributed by atoms with Gasteiger partial charge < -0.3 is 25.8 Å². The summed E-state index contributed by atoms with van der Waals surface area (Å²) in [7, 11) is 1.94. The van der Waals surface area contributed by atoms with Crippen LogP contribution in [0.4, 0.5) is 10.1 Å². The molecule has 0 bridgehead atoms. The summed E-state index contributed by atoms with van der Waals surface area (Å²) >= 11 is 0. The molecule has 0 saturated carbocycles. The molecule has 0 unspecified atom stereocenters. The molecule has 1 saturated heterocycles. The van der Waals surface area contributed by atoms with Crippen molar-refractivity contribution in [2.45, 2.75) is 25.3 Å². The van der Waals surface area contributed by atoms with Gasteiger partial charge in [0.15, 0.2) is 0 Å². The van der Waals surface area contributed by atoms with Crippen LogP contribution in [0.15, 0.2) is 85.8 Å². The Bertz CT molecular complexity index is 1210. The van der Waals surface area contributed by atoms with Crippen LogP contribution in [-0.2, 0) is 6.42 Å². The van der Waals surface area contributed by atoms with Crippen LogP contribution >= 0.6 is 0 Å². The van der Waals surface area contributed by atoms with E-state index in [0.717, 1.165) is 71.7 Å². The molecule has 0 amide bonds. The number of nitrogens with one attached hydrogen (secondary N) is 2. The fraction of sp³-hybridized carbons (Fsp3) is 0.267. The molecule has 4 rings (SSSR count). The first-order valence-electron chi connectivity index (χ1n) is 12.6. The fourth-order valence-electron chi connectivity index (χ4n) is 4.71. The molecule has 6 nitrogen and oxygen atoms in total. The minimum absolute atomic E-state index is 0.239. The molecule has 3 aromatic rings. The van der Waals surface area contributed by atoms with E-state index in [1.807, 2.05) is 55.7 Å². The van der Waals surface area contributed by atoms with Gasteiger partial charge in [0.1, 0.15) is 5.82 Å². The summed E-state index contributed by atoms with van der Waals surface area (Å²) in [5.74, 6) is 0.599. The SMILES string of the molecule is C=C(c1ccc(CC=[N-])nc1)N1CCC(N(CNC)C(=C)Nc2ccc(-c3cccc(F)c3)cc2)CC1. The number of rotatable bonds is 11. The van der Waals surface area contributed by atoms with Crippen LogP contribution in [0.3, 0.4) is 0 Å². The summed E-state index contributed by atoms with van der Waals surface area (Å²) in [6.07, 6.45) is 5.33. The molecule has 1 aliphatic heterocycles. The van der Waals surface area contributed by atoms with Crippen LogP contribution in [0.2, 0.25) is 0 Å². The lowest BCUT2D eigenvalue weighted by Gasteiger charge is -2.41. The van der Waals surface area contributed by atoms with Crippen molar-refractivity contribution in [3.8, 4) is 11.1 Å². The van der Waals surface area contributed by atoms with E-state index in [9.17, 15) is 4.39 Å². The van der Waals surface area contributed by atoms with Gasteiger partial charge in [-0.15, -0.1) is 0 Å². The second kappa shape index (κ2) is 12.3. The number of aromatic nitrogens is 1. The van der Waals surface area contributed by atoms with Crippen molar-refractivity contribution in [3.63, 3.8) is 0 Å². The van der Waals surface area contributed by atoms with Crippen molar-refractivity contribution in [3.05, 3.63) is 108 Å². The Hall–Kier alpha value is -3.97. The van der Waals surface area contributed by atoms with Crippen LogP contribution in [-0.4, -0.2) is 53.8 Å². The van der Waals surface area contributed by atoms with E-state index in [4.69, 9.17) is 5.41 Å². The largest absolute Gasteiger partial charge is 0.814 e. The van der Waals surface area contributed by atoms with Crippen molar-refractivity contribution in [1.29, 1.82) is 0 Å². The molecular formula is C30H34FN6-. The Balaban J connectivity index is 1.35. The molecule has 2 N–H and O–H groups in total. The molecule has 0 atom stereocenters. The monoisotopic (exact) mass is 497 g/mol. The number of benzene rings is 2. The normalized spacial score (nSPS) is 13.7. The van der Waals surface area contributed by atoms with Gasteiger partial charge in [-0.25, -0.2) is 10.6 Å². The Labute approximate surface area is 219 Å². The minimum atomic E-state index is -0.239. The lowest BCUT2D eigenvalue weighted by Crippen LogP contribution is -2.47. The van der Waals surface area contributed by atoms with E-state index in [-0.39, 0.29) is 5.82 Å². The molecule has 192 valence electrons. The number of piperidine rings is 1. The van der Waals surface area contributed by atoms with Gasteiger partial charge >= 0.3 is 0 Å². The summed E-state index contributed by atoms with van der Waals surface area (Å²) in [5.41, 5.74) is 5.56. The average Bonchev–Trinajstić information content (AvgIpc) is 2.92. The van der Waals surface area contributed by atoms with Crippen LogP contribution in [0.1, 0.15) is 24.1 Å². The molecule has 0 radical (unpaired) electrons. The van der Waals surface area contributed by atoms with Crippen molar-refractivity contribution in [2.75, 3.05) is 32.1 Å². The molecule has 2 heterocycles. The first kappa shape index (κ1) is 26.1. The van der Waals surface area contributed by atoms with Crippen molar-refractivity contribution in [2.24, 2.45) is 0 Å². The topological polar surface area (TPSA) is 65.7 Å². The third-order valence-electron chi connectivity index (χ3n) is 6.75. The average molecular weight is 498 g/mol. The van der Waals surface area contributed by atoms with Gasteiger partial charge in [-0.1, -0.05) is 37.4 Å². The van der Waals surface area contributed by atoms with Gasteiger partial charge in [-0.05, 0) is 73.8 Å². The van der Waals surface area contributed by atoms with Crippen molar-refractivity contribution >= 4 is 17.6 Å². The molecule has 1 aromatic heterocycles. The van der Waals surface area contributed by atoms with Crippen LogP contribution in [0.5, 0.6) is 0 Å². The Morgan fingerprint density at radius 2 is 1.86 bits per heavy atom. The summed E-state index contributed by atoms with van der Waals surface area (Å²) in [6, 6.07) is 18.9. The summed E-state index contributed by atoms with van der Waals surface area (Å²) in [4.78, 5) is 9.00. The highest BCUT2D eigenvalue weighted by Gasteiger charge is 2.26. The molecule has 37 heavy (non-hydrogen) atoms. The number of nitrogens with zero attached hydrogens (tertiary/aromatic N) is 4. The van der Waals surface area contributed by atoms with E-state index >= 15 is 0 Å². The molecule has 2 aromatic carbocycles. The maximum atomic E-state index is 13.6. The highest BCUT2D eigenvalue weighted by molar-refractivity contribution is 5.67. The second-order valence-electron chi connectivity index (χ2n) is 9.23. The highest BCUT2D eigenvalue weighted by atomic mass is 19.1. The van der Waals surface area contributed by atoms with Gasteiger partial charge in [0, 0.05) is 48.0 Å². The third kappa shape index (κ3) is 6.62. The van der Waals surface area contributed by atoms with Gasteiger partial charge in [0.05, 0.1) is 12.5 Å². The summed E-state index contributed by atoms with van der Waals surface area (Å²) < 4.78 is 13.6. The molecule has 1 aliphatic rings. The first-order chi connectivity index (χ1) is 18.0. The second-order valence-corrected chi connectivity index (χ2v) is 9.23. The van der Waals surface area contributed by atoms with E-state index in [1.165, 1.54) is 6.07 Å². The quantitative estimate of drug-likeness (QED) is 0.268.